The quantitative estimate of drug-likeness (QED) is 0.828. The number of benzene rings is 2. The maximum Gasteiger partial charge on any atom is 0.222 e. The van der Waals surface area contributed by atoms with Gasteiger partial charge in [-0.25, -0.2) is 0 Å². The molecule has 26 heavy (non-hydrogen) atoms. The second-order valence-corrected chi connectivity index (χ2v) is 7.11. The molecule has 0 unspecified atom stereocenters. The molecule has 138 valence electrons. The zero-order valence-electron chi connectivity index (χ0n) is 15.3. The Labute approximate surface area is 155 Å². The van der Waals surface area contributed by atoms with Crippen molar-refractivity contribution in [2.24, 2.45) is 0 Å². The highest BCUT2D eigenvalue weighted by atomic mass is 16.3. The number of phenols is 2. The monoisotopic (exact) mass is 353 g/mol. The third kappa shape index (κ3) is 4.18. The lowest BCUT2D eigenvalue weighted by Gasteiger charge is -2.37. The predicted octanol–water partition coefficient (Wildman–Crippen LogP) is 4.56. The molecule has 0 spiro atoms. The van der Waals surface area contributed by atoms with Crippen LogP contribution in [0.3, 0.4) is 0 Å². The van der Waals surface area contributed by atoms with Gasteiger partial charge in [0.1, 0.15) is 11.5 Å². The fourth-order valence-electron chi connectivity index (χ4n) is 3.98. The van der Waals surface area contributed by atoms with Crippen molar-refractivity contribution in [3.63, 3.8) is 0 Å². The van der Waals surface area contributed by atoms with Gasteiger partial charge in [0.25, 0.3) is 0 Å². The smallest absolute Gasteiger partial charge is 0.222 e. The minimum absolute atomic E-state index is 0.0857. The molecule has 4 nitrogen and oxygen atoms in total. The Morgan fingerprint density at radius 2 is 1.73 bits per heavy atom. The number of amides is 1. The molecule has 0 aliphatic heterocycles. The van der Waals surface area contributed by atoms with Crippen molar-refractivity contribution < 1.29 is 15.0 Å². The van der Waals surface area contributed by atoms with Crippen molar-refractivity contribution in [1.29, 1.82) is 0 Å². The third-order valence-electron chi connectivity index (χ3n) is 5.41. The first kappa shape index (κ1) is 18.3. The van der Waals surface area contributed by atoms with Gasteiger partial charge in [0, 0.05) is 25.1 Å². The van der Waals surface area contributed by atoms with E-state index < -0.39 is 0 Å². The van der Waals surface area contributed by atoms with E-state index in [0.29, 0.717) is 13.0 Å². The standard InChI is InChI=1S/C22H27NO3/c1-2-22(26)23(15-16-6-4-3-5-7-16)18-10-8-17(9-11-18)20-13-12-19(24)14-21(20)25/h3-7,12-14,17-18,24-25H,2,8-11,15H2,1H3. The van der Waals surface area contributed by atoms with E-state index in [0.717, 1.165) is 36.8 Å². The Morgan fingerprint density at radius 3 is 2.35 bits per heavy atom. The van der Waals surface area contributed by atoms with Crippen molar-refractivity contribution in [2.75, 3.05) is 0 Å². The van der Waals surface area contributed by atoms with Crippen LogP contribution in [0.15, 0.2) is 48.5 Å². The molecule has 0 radical (unpaired) electrons. The summed E-state index contributed by atoms with van der Waals surface area (Å²) in [6.45, 7) is 2.58. The lowest BCUT2D eigenvalue weighted by atomic mass is 9.80. The molecule has 1 saturated carbocycles. The van der Waals surface area contributed by atoms with Gasteiger partial charge in [-0.3, -0.25) is 4.79 Å². The van der Waals surface area contributed by atoms with E-state index in [1.165, 1.54) is 6.07 Å². The normalized spacial score (nSPS) is 19.9. The van der Waals surface area contributed by atoms with Crippen molar-refractivity contribution in [1.82, 2.24) is 4.90 Å². The molecule has 0 aromatic heterocycles. The number of phenolic OH excluding ortho intramolecular Hbond substituents is 2. The van der Waals surface area contributed by atoms with Gasteiger partial charge < -0.3 is 15.1 Å². The molecule has 2 N–H and O–H groups in total. The average Bonchev–Trinajstić information content (AvgIpc) is 2.67. The van der Waals surface area contributed by atoms with Crippen molar-refractivity contribution in [2.45, 2.75) is 57.5 Å². The van der Waals surface area contributed by atoms with Crippen LogP contribution in [0.2, 0.25) is 0 Å². The Bertz CT molecular complexity index is 736. The van der Waals surface area contributed by atoms with Gasteiger partial charge in [-0.05, 0) is 48.8 Å². The first-order chi connectivity index (χ1) is 12.6. The molecule has 0 atom stereocenters. The molecule has 1 aliphatic rings. The van der Waals surface area contributed by atoms with E-state index >= 15 is 0 Å². The Kier molecular flexibility index (Phi) is 5.82. The van der Waals surface area contributed by atoms with Crippen molar-refractivity contribution in [3.8, 4) is 11.5 Å². The van der Waals surface area contributed by atoms with Crippen LogP contribution >= 0.6 is 0 Å². The first-order valence-corrected chi connectivity index (χ1v) is 9.43. The van der Waals surface area contributed by atoms with Gasteiger partial charge >= 0.3 is 0 Å². The Hall–Kier alpha value is -2.49. The molecule has 1 aliphatic carbocycles. The molecule has 0 bridgehead atoms. The zero-order chi connectivity index (χ0) is 18.5. The van der Waals surface area contributed by atoms with Gasteiger partial charge in [-0.1, -0.05) is 43.3 Å². The number of carbonyl (C=O) groups is 1. The number of hydrogen-bond donors (Lipinski definition) is 2. The zero-order valence-corrected chi connectivity index (χ0v) is 15.3. The van der Waals surface area contributed by atoms with Crippen LogP contribution < -0.4 is 0 Å². The molecule has 0 heterocycles. The molecule has 2 aromatic carbocycles. The minimum atomic E-state index is 0.0857. The van der Waals surface area contributed by atoms with Crippen LogP contribution in [0.25, 0.3) is 0 Å². The summed E-state index contributed by atoms with van der Waals surface area (Å²) in [7, 11) is 0. The van der Waals surface area contributed by atoms with Gasteiger partial charge in [0.2, 0.25) is 5.91 Å². The fraction of sp³-hybridized carbons (Fsp3) is 0.409. The van der Waals surface area contributed by atoms with Crippen molar-refractivity contribution in [3.05, 3.63) is 59.7 Å². The van der Waals surface area contributed by atoms with E-state index in [1.54, 1.807) is 6.07 Å². The number of aromatic hydroxyl groups is 2. The van der Waals surface area contributed by atoms with Gasteiger partial charge in [0.15, 0.2) is 0 Å². The minimum Gasteiger partial charge on any atom is -0.508 e. The van der Waals surface area contributed by atoms with Gasteiger partial charge in [-0.15, -0.1) is 0 Å². The fourth-order valence-corrected chi connectivity index (χ4v) is 3.98. The molecular formula is C22H27NO3. The number of carbonyl (C=O) groups excluding carboxylic acids is 1. The number of hydrogen-bond acceptors (Lipinski definition) is 3. The summed E-state index contributed by atoms with van der Waals surface area (Å²) in [6.07, 6.45) is 4.26. The Morgan fingerprint density at radius 1 is 1.04 bits per heavy atom. The maximum absolute atomic E-state index is 12.5. The number of rotatable bonds is 5. The average molecular weight is 353 g/mol. The van der Waals surface area contributed by atoms with E-state index in [2.05, 4.69) is 12.1 Å². The van der Waals surface area contributed by atoms with E-state index in [1.807, 2.05) is 36.1 Å². The van der Waals surface area contributed by atoms with Crippen molar-refractivity contribution >= 4 is 5.91 Å². The van der Waals surface area contributed by atoms with Crippen LogP contribution in [0.1, 0.15) is 56.1 Å². The van der Waals surface area contributed by atoms with E-state index in [9.17, 15) is 15.0 Å². The summed E-state index contributed by atoms with van der Waals surface area (Å²) in [4.78, 5) is 14.5. The molecule has 1 fully saturated rings. The molecular weight excluding hydrogens is 326 g/mol. The summed E-state index contributed by atoms with van der Waals surface area (Å²) >= 11 is 0. The number of nitrogens with zero attached hydrogens (tertiary/aromatic N) is 1. The molecule has 0 saturated heterocycles. The van der Waals surface area contributed by atoms with Crippen LogP contribution in [-0.2, 0) is 11.3 Å². The van der Waals surface area contributed by atoms with Crippen LogP contribution in [0, 0.1) is 0 Å². The molecule has 4 heteroatoms. The highest BCUT2D eigenvalue weighted by Gasteiger charge is 2.29. The van der Waals surface area contributed by atoms with Crippen LogP contribution in [0.4, 0.5) is 0 Å². The van der Waals surface area contributed by atoms with Crippen LogP contribution in [0.5, 0.6) is 11.5 Å². The lowest BCUT2D eigenvalue weighted by molar-refractivity contribution is -0.134. The summed E-state index contributed by atoms with van der Waals surface area (Å²) in [6, 6.07) is 15.2. The predicted molar refractivity (Wildman–Crippen MR) is 102 cm³/mol. The van der Waals surface area contributed by atoms with E-state index in [-0.39, 0.29) is 29.4 Å². The second kappa shape index (κ2) is 8.26. The molecule has 3 rings (SSSR count). The summed E-state index contributed by atoms with van der Waals surface area (Å²) in [5.74, 6) is 0.730. The summed E-state index contributed by atoms with van der Waals surface area (Å²) in [5, 5.41) is 19.6. The van der Waals surface area contributed by atoms with Gasteiger partial charge in [-0.2, -0.15) is 0 Å². The molecule has 1 amide bonds. The van der Waals surface area contributed by atoms with Gasteiger partial charge in [0.05, 0.1) is 0 Å². The third-order valence-corrected chi connectivity index (χ3v) is 5.41. The maximum atomic E-state index is 12.5. The summed E-state index contributed by atoms with van der Waals surface area (Å²) < 4.78 is 0. The second-order valence-electron chi connectivity index (χ2n) is 7.11. The first-order valence-electron chi connectivity index (χ1n) is 9.43. The lowest BCUT2D eigenvalue weighted by Crippen LogP contribution is -2.41. The molecule has 2 aromatic rings. The highest BCUT2D eigenvalue weighted by molar-refractivity contribution is 5.76. The Balaban J connectivity index is 1.68. The SMILES string of the molecule is CCC(=O)N(Cc1ccccc1)C1CCC(c2ccc(O)cc2O)CC1. The highest BCUT2D eigenvalue weighted by Crippen LogP contribution is 2.39. The van der Waals surface area contributed by atoms with E-state index in [4.69, 9.17) is 0 Å². The topological polar surface area (TPSA) is 60.8 Å². The summed E-state index contributed by atoms with van der Waals surface area (Å²) in [5.41, 5.74) is 2.06. The van der Waals surface area contributed by atoms with Crippen LogP contribution in [-0.4, -0.2) is 27.1 Å². The largest absolute Gasteiger partial charge is 0.508 e.